The van der Waals surface area contributed by atoms with Crippen molar-refractivity contribution in [3.8, 4) is 22.3 Å². The molecule has 0 spiro atoms. The molecule has 0 fully saturated rings. The molecule has 0 unspecified atom stereocenters. The van der Waals surface area contributed by atoms with Crippen LogP contribution in [0.5, 0.6) is 0 Å². The summed E-state index contributed by atoms with van der Waals surface area (Å²) in [4.78, 5) is 0. The van der Waals surface area contributed by atoms with Gasteiger partial charge in [0.2, 0.25) is 0 Å². The van der Waals surface area contributed by atoms with Crippen LogP contribution in [0.4, 0.5) is 0 Å². The zero-order valence-corrected chi connectivity index (χ0v) is 59.7. The fourth-order valence-corrected chi connectivity index (χ4v) is 19.5. The van der Waals surface area contributed by atoms with E-state index in [1.54, 1.807) is 65.7 Å². The minimum absolute atomic E-state index is 0.0395. The lowest BCUT2D eigenvalue weighted by Gasteiger charge is -2.35. The van der Waals surface area contributed by atoms with E-state index in [2.05, 4.69) is 163 Å². The summed E-state index contributed by atoms with van der Waals surface area (Å²) in [6, 6.07) is 51.8. The van der Waals surface area contributed by atoms with E-state index in [1.165, 1.54) is 324 Å². The highest BCUT2D eigenvalue weighted by Gasteiger charge is 2.45. The van der Waals surface area contributed by atoms with Crippen molar-refractivity contribution in [2.75, 3.05) is 0 Å². The van der Waals surface area contributed by atoms with E-state index < -0.39 is 0 Å². The topological polar surface area (TPSA) is 0 Å². The maximum Gasteiger partial charge on any atom is 0.0216 e. The Morgan fingerprint density at radius 3 is 0.613 bits per heavy atom. The molecule has 0 heteroatoms. The summed E-state index contributed by atoms with van der Waals surface area (Å²) in [5, 5.41) is 18.1. The van der Waals surface area contributed by atoms with Gasteiger partial charge >= 0.3 is 0 Å². The zero-order valence-electron chi connectivity index (χ0n) is 59.7. The highest BCUT2D eigenvalue weighted by molar-refractivity contribution is 6.20. The van der Waals surface area contributed by atoms with E-state index in [-0.39, 0.29) is 16.2 Å². The Labute approximate surface area is 565 Å². The van der Waals surface area contributed by atoms with E-state index in [9.17, 15) is 0 Å². The monoisotopic (exact) mass is 1240 g/mol. The highest BCUT2D eigenvalue weighted by atomic mass is 14.5. The summed E-state index contributed by atoms with van der Waals surface area (Å²) in [7, 11) is 0. The van der Waals surface area contributed by atoms with E-state index >= 15 is 0 Å². The fourth-order valence-electron chi connectivity index (χ4n) is 19.5. The van der Waals surface area contributed by atoms with Crippen LogP contribution in [0.15, 0.2) is 121 Å². The molecule has 9 aromatic rings. The first kappa shape index (κ1) is 67.5. The Bertz CT molecular complexity index is 3650. The normalized spacial score (nSPS) is 14.7. The Hall–Kier alpha value is -5.46. The third-order valence-corrected chi connectivity index (χ3v) is 24.4. The smallest absolute Gasteiger partial charge is 0.0216 e. The van der Waals surface area contributed by atoms with Crippen LogP contribution in [0.1, 0.15) is 345 Å². The second kappa shape index (κ2) is 32.1. The maximum atomic E-state index is 2.82. The number of unbranched alkanes of at least 4 members (excludes halogenated alkanes) is 30. The van der Waals surface area contributed by atoms with Crippen LogP contribution < -0.4 is 0 Å². The molecule has 9 aromatic carbocycles. The molecular weight excluding hydrogens is 1120 g/mol. The first-order valence-corrected chi connectivity index (χ1v) is 40.0. The van der Waals surface area contributed by atoms with Crippen LogP contribution in [0.25, 0.3) is 86.9 Å². The standard InChI is InChI=1S/C93H122/c1-7-13-19-25-31-37-55-91(56-38-32-26-20-14-8-2)79-47-43-45-69-49-51-71-61-75(65-81(91)87(71)85(69)79)77-63-73-53-54-74-64-78(68-84-90(74)89(73)83(67-77)93(84,59-41-35-29-23-17-11-5)60-42-36-30-24-18-12-6)76-62-72-52-50-70-46-44-48-80-86(70)88(72)82(66-76)92(80,57-39-33-27-21-15-9-3)58-40-34-28-22-16-10-4/h43-54,61-68H,7-42,55-60H2,1-6H3. The molecule has 0 atom stereocenters. The van der Waals surface area contributed by atoms with Crippen molar-refractivity contribution in [3.05, 3.63) is 155 Å². The summed E-state index contributed by atoms with van der Waals surface area (Å²) in [6.07, 6.45) is 55.7. The van der Waals surface area contributed by atoms with Gasteiger partial charge in [0.1, 0.15) is 0 Å². The van der Waals surface area contributed by atoms with E-state index in [1.807, 2.05) is 0 Å². The molecule has 0 bridgehead atoms. The van der Waals surface area contributed by atoms with Gasteiger partial charge in [-0.1, -0.05) is 345 Å². The molecule has 0 saturated heterocycles. The Morgan fingerprint density at radius 1 is 0.183 bits per heavy atom. The van der Waals surface area contributed by atoms with Crippen molar-refractivity contribution in [3.63, 3.8) is 0 Å². The molecule has 0 heterocycles. The number of hydrogen-bond acceptors (Lipinski definition) is 0. The third-order valence-electron chi connectivity index (χ3n) is 24.4. The van der Waals surface area contributed by atoms with Crippen LogP contribution >= 0.6 is 0 Å². The van der Waals surface area contributed by atoms with Crippen molar-refractivity contribution in [1.82, 2.24) is 0 Å². The summed E-state index contributed by atoms with van der Waals surface area (Å²) in [5.41, 5.74) is 15.7. The zero-order chi connectivity index (χ0) is 64.0. The predicted molar refractivity (Wildman–Crippen MR) is 413 cm³/mol. The van der Waals surface area contributed by atoms with E-state index in [0.29, 0.717) is 0 Å². The molecule has 0 saturated carbocycles. The van der Waals surface area contributed by atoms with Crippen LogP contribution in [0, 0.1) is 0 Å². The van der Waals surface area contributed by atoms with E-state index in [0.717, 1.165) is 0 Å². The number of benzene rings is 9. The quantitative estimate of drug-likeness (QED) is 0.0264. The minimum Gasteiger partial charge on any atom is -0.0654 e. The molecule has 0 radical (unpaired) electrons. The number of rotatable bonds is 44. The Morgan fingerprint density at radius 2 is 0.376 bits per heavy atom. The van der Waals surface area contributed by atoms with Crippen molar-refractivity contribution in [1.29, 1.82) is 0 Å². The molecule has 0 N–H and O–H groups in total. The fraction of sp³-hybridized carbons (Fsp3) is 0.548. The van der Waals surface area contributed by atoms with Gasteiger partial charge < -0.3 is 0 Å². The van der Waals surface area contributed by atoms with Crippen molar-refractivity contribution in [2.45, 2.75) is 327 Å². The van der Waals surface area contributed by atoms with Crippen molar-refractivity contribution >= 4 is 64.6 Å². The van der Waals surface area contributed by atoms with Gasteiger partial charge in [-0.2, -0.15) is 0 Å². The lowest BCUT2D eigenvalue weighted by atomic mass is 9.68. The second-order valence-corrected chi connectivity index (χ2v) is 30.8. The molecule has 0 aromatic heterocycles. The minimum atomic E-state index is -0.0631. The molecule has 3 aliphatic rings. The van der Waals surface area contributed by atoms with Gasteiger partial charge in [-0.05, 0) is 207 Å². The van der Waals surface area contributed by atoms with Crippen LogP contribution in [0.3, 0.4) is 0 Å². The van der Waals surface area contributed by atoms with Gasteiger partial charge in [0.05, 0.1) is 0 Å². The molecule has 0 aliphatic heterocycles. The average molecular weight is 1240 g/mol. The SMILES string of the molecule is CCCCCCCCC1(CCCCCCCC)c2cccc3ccc4cc(-c5cc6c7c(ccc8cc(-c9cc%10c%11c(ccc%12cccc(c%12%11)C%10(CCCCCCCC)CCCCCCCC)c9)cc(c87)C6(CCCCCCCC)CCCCCCCC)c5)cc1c4c23. The molecule has 12 rings (SSSR count). The largest absolute Gasteiger partial charge is 0.0654 e. The van der Waals surface area contributed by atoms with Crippen LogP contribution in [-0.2, 0) is 16.2 Å². The lowest BCUT2D eigenvalue weighted by molar-refractivity contribution is 0.398. The molecule has 93 heavy (non-hydrogen) atoms. The average Bonchev–Trinajstić information content (AvgIpc) is 1.56. The summed E-state index contributed by atoms with van der Waals surface area (Å²) < 4.78 is 0. The molecule has 0 nitrogen and oxygen atoms in total. The first-order valence-electron chi connectivity index (χ1n) is 40.0. The van der Waals surface area contributed by atoms with Gasteiger partial charge in [-0.25, -0.2) is 0 Å². The highest BCUT2D eigenvalue weighted by Crippen LogP contribution is 2.60. The third kappa shape index (κ3) is 13.8. The molecule has 0 amide bonds. The Balaban J connectivity index is 1.00. The van der Waals surface area contributed by atoms with Crippen molar-refractivity contribution < 1.29 is 0 Å². The van der Waals surface area contributed by atoms with E-state index in [4.69, 9.17) is 0 Å². The van der Waals surface area contributed by atoms with Crippen LogP contribution in [0.2, 0.25) is 0 Å². The van der Waals surface area contributed by atoms with Crippen molar-refractivity contribution in [2.24, 2.45) is 0 Å². The van der Waals surface area contributed by atoms with Gasteiger partial charge in [-0.15, -0.1) is 0 Å². The second-order valence-electron chi connectivity index (χ2n) is 30.8. The molecule has 3 aliphatic carbocycles. The summed E-state index contributed by atoms with van der Waals surface area (Å²) >= 11 is 0. The summed E-state index contributed by atoms with van der Waals surface area (Å²) in [5.74, 6) is 0. The first-order chi connectivity index (χ1) is 45.9. The Kier molecular flexibility index (Phi) is 23.3. The van der Waals surface area contributed by atoms with Crippen LogP contribution in [-0.4, -0.2) is 0 Å². The van der Waals surface area contributed by atoms with Gasteiger partial charge in [0.25, 0.3) is 0 Å². The molecule has 494 valence electrons. The maximum absolute atomic E-state index is 2.82. The lowest BCUT2D eigenvalue weighted by Crippen LogP contribution is -2.26. The molecular formula is C93H122. The van der Waals surface area contributed by atoms with Gasteiger partial charge in [0.15, 0.2) is 0 Å². The number of hydrogen-bond donors (Lipinski definition) is 0. The summed E-state index contributed by atoms with van der Waals surface area (Å²) in [6.45, 7) is 14.2. The van der Waals surface area contributed by atoms with Gasteiger partial charge in [-0.3, -0.25) is 0 Å². The predicted octanol–water partition coefficient (Wildman–Crippen LogP) is 30.2. The van der Waals surface area contributed by atoms with Gasteiger partial charge in [0, 0.05) is 16.2 Å².